The number of carbonyl (C=O) groups excluding carboxylic acids is 2. The molecule has 168 valence electrons. The van der Waals surface area contributed by atoms with Crippen molar-refractivity contribution in [3.8, 4) is 5.75 Å². The second-order valence-electron chi connectivity index (χ2n) is 7.06. The summed E-state index contributed by atoms with van der Waals surface area (Å²) in [5.41, 5.74) is 0.357. The van der Waals surface area contributed by atoms with Gasteiger partial charge in [-0.3, -0.25) is 5.32 Å². The van der Waals surface area contributed by atoms with Crippen molar-refractivity contribution in [2.45, 2.75) is 72.1 Å². The van der Waals surface area contributed by atoms with Gasteiger partial charge in [0.05, 0.1) is 13.2 Å². The number of rotatable bonds is 13. The van der Waals surface area contributed by atoms with E-state index in [1.54, 1.807) is 6.92 Å². The van der Waals surface area contributed by atoms with Crippen molar-refractivity contribution in [2.75, 3.05) is 18.5 Å². The summed E-state index contributed by atoms with van der Waals surface area (Å²) in [7, 11) is 0. The van der Waals surface area contributed by atoms with Crippen LogP contribution in [0.3, 0.4) is 0 Å². The summed E-state index contributed by atoms with van der Waals surface area (Å²) in [5.74, 6) is -1.40. The van der Waals surface area contributed by atoms with Gasteiger partial charge in [-0.15, -0.1) is 0 Å². The molecule has 1 amide bonds. The van der Waals surface area contributed by atoms with E-state index in [1.807, 2.05) is 0 Å². The fourth-order valence-corrected chi connectivity index (χ4v) is 2.79. The lowest BCUT2D eigenvalue weighted by Gasteiger charge is -2.13. The molecule has 0 aliphatic rings. The van der Waals surface area contributed by atoms with Gasteiger partial charge in [-0.05, 0) is 37.5 Å². The minimum atomic E-state index is -1.29. The third kappa shape index (κ3) is 9.62. The number of anilines is 1. The number of nitrogens with one attached hydrogen (secondary N) is 1. The highest BCUT2D eigenvalue weighted by Gasteiger charge is 2.20. The van der Waals surface area contributed by atoms with Crippen molar-refractivity contribution >= 4 is 23.9 Å². The zero-order chi connectivity index (χ0) is 22.4. The lowest BCUT2D eigenvalue weighted by Crippen LogP contribution is -2.17. The van der Waals surface area contributed by atoms with Crippen LogP contribution in [0.15, 0.2) is 12.1 Å². The van der Waals surface area contributed by atoms with Crippen LogP contribution in [0.25, 0.3) is 0 Å². The zero-order valence-corrected chi connectivity index (χ0v) is 18.1. The quantitative estimate of drug-likeness (QED) is 0.230. The first-order valence-corrected chi connectivity index (χ1v) is 10.5. The first-order chi connectivity index (χ1) is 14.4. The van der Waals surface area contributed by atoms with Gasteiger partial charge in [0.2, 0.25) is 0 Å². The van der Waals surface area contributed by atoms with Gasteiger partial charge in [0.25, 0.3) is 0 Å². The monoisotopic (exact) mass is 423 g/mol. The average molecular weight is 424 g/mol. The Hall–Kier alpha value is -2.77. The highest BCUT2D eigenvalue weighted by Crippen LogP contribution is 2.28. The molecule has 0 aliphatic carbocycles. The molecule has 0 spiro atoms. The number of carboxylic acid groups (broad SMARTS) is 1. The van der Waals surface area contributed by atoms with Crippen LogP contribution in [0.2, 0.25) is 0 Å². The molecule has 30 heavy (non-hydrogen) atoms. The molecule has 0 bridgehead atoms. The van der Waals surface area contributed by atoms with E-state index in [1.165, 1.54) is 12.1 Å². The largest absolute Gasteiger partial charge is 0.513 e. The maximum atomic E-state index is 11.9. The van der Waals surface area contributed by atoms with Crippen molar-refractivity contribution in [3.05, 3.63) is 23.3 Å². The number of carboxylic acids is 1. The topological polar surface area (TPSA) is 111 Å². The summed E-state index contributed by atoms with van der Waals surface area (Å²) in [6.45, 7) is 6.26. The van der Waals surface area contributed by atoms with Crippen LogP contribution in [0.1, 0.15) is 81.1 Å². The highest BCUT2D eigenvalue weighted by atomic mass is 16.7. The number of benzene rings is 1. The van der Waals surface area contributed by atoms with Crippen LogP contribution < -0.4 is 10.1 Å². The second-order valence-corrected chi connectivity index (χ2v) is 7.06. The Bertz CT molecular complexity index is 703. The Morgan fingerprint density at radius 2 is 1.50 bits per heavy atom. The van der Waals surface area contributed by atoms with Crippen molar-refractivity contribution in [3.63, 3.8) is 0 Å². The lowest BCUT2D eigenvalue weighted by atomic mass is 10.1. The van der Waals surface area contributed by atoms with Crippen molar-refractivity contribution in [1.82, 2.24) is 0 Å². The third-order valence-corrected chi connectivity index (χ3v) is 4.39. The summed E-state index contributed by atoms with van der Waals surface area (Å²) in [6.07, 6.45) is 6.08. The van der Waals surface area contributed by atoms with E-state index in [9.17, 15) is 19.5 Å². The fraction of sp³-hybridized carbons (Fsp3) is 0.591. The molecule has 8 heteroatoms. The van der Waals surface area contributed by atoms with Crippen LogP contribution in [0.4, 0.5) is 15.3 Å². The fourth-order valence-electron chi connectivity index (χ4n) is 2.79. The minimum absolute atomic E-state index is 0.112. The van der Waals surface area contributed by atoms with Crippen LogP contribution in [-0.4, -0.2) is 36.5 Å². The van der Waals surface area contributed by atoms with E-state index in [0.29, 0.717) is 12.2 Å². The number of carbonyl (C=O) groups is 3. The Morgan fingerprint density at radius 3 is 2.07 bits per heavy atom. The van der Waals surface area contributed by atoms with E-state index in [2.05, 4.69) is 19.2 Å². The number of hydrogen-bond donors (Lipinski definition) is 2. The van der Waals surface area contributed by atoms with E-state index in [-0.39, 0.29) is 23.6 Å². The molecular formula is C22H33NO7. The van der Waals surface area contributed by atoms with Crippen LogP contribution in [0, 0.1) is 6.92 Å². The van der Waals surface area contributed by atoms with Gasteiger partial charge in [-0.2, -0.15) is 0 Å². The first kappa shape index (κ1) is 25.3. The normalized spacial score (nSPS) is 10.4. The van der Waals surface area contributed by atoms with Gasteiger partial charge in [-0.1, -0.05) is 52.4 Å². The number of aromatic carboxylic acids is 1. The summed E-state index contributed by atoms with van der Waals surface area (Å²) in [4.78, 5) is 35.4. The summed E-state index contributed by atoms with van der Waals surface area (Å²) >= 11 is 0. The molecule has 8 nitrogen and oxygen atoms in total. The highest BCUT2D eigenvalue weighted by molar-refractivity contribution is 5.95. The second kappa shape index (κ2) is 14.3. The summed E-state index contributed by atoms with van der Waals surface area (Å²) in [6, 6.07) is 2.73. The van der Waals surface area contributed by atoms with Gasteiger partial charge < -0.3 is 19.3 Å². The Labute approximate surface area is 177 Å². The summed E-state index contributed by atoms with van der Waals surface area (Å²) in [5, 5.41) is 12.0. The van der Waals surface area contributed by atoms with Crippen molar-refractivity contribution in [1.29, 1.82) is 0 Å². The maximum Gasteiger partial charge on any atom is 0.513 e. The van der Waals surface area contributed by atoms with E-state index < -0.39 is 18.2 Å². The van der Waals surface area contributed by atoms with Gasteiger partial charge in [0.1, 0.15) is 5.56 Å². The van der Waals surface area contributed by atoms with Crippen LogP contribution >= 0.6 is 0 Å². The molecule has 1 rings (SSSR count). The van der Waals surface area contributed by atoms with Gasteiger partial charge in [0.15, 0.2) is 5.75 Å². The average Bonchev–Trinajstić information content (AvgIpc) is 2.69. The Kier molecular flexibility index (Phi) is 12.0. The molecule has 0 radical (unpaired) electrons. The number of hydrogen-bond acceptors (Lipinski definition) is 6. The minimum Gasteiger partial charge on any atom is -0.478 e. The maximum absolute atomic E-state index is 11.9. The van der Waals surface area contributed by atoms with Gasteiger partial charge >= 0.3 is 18.2 Å². The number of unbranched alkanes of at least 4 members (excludes halogenated alkanes) is 6. The third-order valence-electron chi connectivity index (χ3n) is 4.39. The van der Waals surface area contributed by atoms with Crippen molar-refractivity contribution < 1.29 is 33.7 Å². The van der Waals surface area contributed by atoms with E-state index in [4.69, 9.17) is 14.2 Å². The zero-order valence-electron chi connectivity index (χ0n) is 18.1. The van der Waals surface area contributed by atoms with Gasteiger partial charge in [0, 0.05) is 5.69 Å². The predicted octanol–water partition coefficient (Wildman–Crippen LogP) is 5.92. The smallest absolute Gasteiger partial charge is 0.478 e. The predicted molar refractivity (Wildman–Crippen MR) is 113 cm³/mol. The molecule has 0 aliphatic heterocycles. The SMILES string of the molecule is CCCCCCOC(=O)Nc1cc(C)c(OC(=O)OCCCCCC)c(C(=O)O)c1. The van der Waals surface area contributed by atoms with Crippen LogP contribution in [-0.2, 0) is 9.47 Å². The number of aryl methyl sites for hydroxylation is 1. The van der Waals surface area contributed by atoms with E-state index in [0.717, 1.165) is 51.4 Å². The van der Waals surface area contributed by atoms with Crippen LogP contribution in [0.5, 0.6) is 5.75 Å². The molecule has 0 fully saturated rings. The standard InChI is InChI=1S/C22H33NO7/c1-4-6-8-10-12-28-21(26)23-17-14-16(3)19(18(15-17)20(24)25)30-22(27)29-13-11-9-7-5-2/h14-15H,4-13H2,1-3H3,(H,23,26)(H,24,25). The molecule has 0 aromatic heterocycles. The number of amides is 1. The van der Waals surface area contributed by atoms with E-state index >= 15 is 0 Å². The molecule has 0 heterocycles. The molecule has 0 saturated heterocycles. The molecule has 1 aromatic carbocycles. The Morgan fingerprint density at radius 1 is 0.900 bits per heavy atom. The molecule has 0 saturated carbocycles. The molecule has 2 N–H and O–H groups in total. The van der Waals surface area contributed by atoms with Gasteiger partial charge in [-0.25, -0.2) is 14.4 Å². The molecule has 0 atom stereocenters. The summed E-state index contributed by atoms with van der Waals surface area (Å²) < 4.78 is 15.2. The first-order valence-electron chi connectivity index (χ1n) is 10.5. The molecular weight excluding hydrogens is 390 g/mol. The lowest BCUT2D eigenvalue weighted by molar-refractivity contribution is 0.0688. The molecule has 0 unspecified atom stereocenters. The Balaban J connectivity index is 2.69. The number of ether oxygens (including phenoxy) is 3. The molecule has 1 aromatic rings. The van der Waals surface area contributed by atoms with Crippen molar-refractivity contribution in [2.24, 2.45) is 0 Å².